The van der Waals surface area contributed by atoms with Gasteiger partial charge in [0.1, 0.15) is 0 Å². The van der Waals surface area contributed by atoms with Gasteiger partial charge in [-0.2, -0.15) is 0 Å². The van der Waals surface area contributed by atoms with Crippen LogP contribution in [0.15, 0.2) is 24.3 Å². The molecule has 1 aromatic rings. The summed E-state index contributed by atoms with van der Waals surface area (Å²) in [4.78, 5) is 0. The van der Waals surface area contributed by atoms with Crippen molar-refractivity contribution in [3.8, 4) is 0 Å². The molecule has 0 saturated heterocycles. The fourth-order valence-electron chi connectivity index (χ4n) is 3.36. The fourth-order valence-corrected chi connectivity index (χ4v) is 3.36. The van der Waals surface area contributed by atoms with E-state index in [9.17, 15) is 5.11 Å². The van der Waals surface area contributed by atoms with E-state index in [0.717, 1.165) is 0 Å². The Morgan fingerprint density at radius 1 is 1.07 bits per heavy atom. The Labute approximate surface area is 84.8 Å². The third-order valence-corrected chi connectivity index (χ3v) is 4.17. The first-order valence-electron chi connectivity index (χ1n) is 5.56. The Morgan fingerprint density at radius 2 is 1.64 bits per heavy atom. The summed E-state index contributed by atoms with van der Waals surface area (Å²) < 4.78 is 0. The summed E-state index contributed by atoms with van der Waals surface area (Å²) >= 11 is 0. The van der Waals surface area contributed by atoms with Crippen LogP contribution in [-0.4, -0.2) is 11.2 Å². The zero-order valence-corrected chi connectivity index (χ0v) is 8.48. The molecule has 1 saturated carbocycles. The van der Waals surface area contributed by atoms with Crippen LogP contribution in [-0.2, 0) is 0 Å². The van der Waals surface area contributed by atoms with Gasteiger partial charge in [0.2, 0.25) is 0 Å². The fraction of sp³-hybridized carbons (Fsp3) is 0.538. The smallest absolute Gasteiger partial charge is 0.0640 e. The zero-order chi connectivity index (χ0) is 9.71. The largest absolute Gasteiger partial charge is 0.392 e. The highest BCUT2D eigenvalue weighted by Crippen LogP contribution is 2.51. The average molecular weight is 188 g/mol. The molecule has 3 aliphatic carbocycles. The number of aliphatic hydroxyl groups is 1. The lowest BCUT2D eigenvalue weighted by atomic mass is 9.61. The number of rotatable bonds is 0. The van der Waals surface area contributed by atoms with Crippen LogP contribution in [0.25, 0.3) is 0 Å². The second kappa shape index (κ2) is 2.83. The van der Waals surface area contributed by atoms with Crippen molar-refractivity contribution in [3.63, 3.8) is 0 Å². The molecule has 4 unspecified atom stereocenters. The molecule has 74 valence electrons. The molecule has 0 amide bonds. The van der Waals surface area contributed by atoms with E-state index in [1.807, 2.05) is 0 Å². The van der Waals surface area contributed by atoms with Crippen molar-refractivity contribution < 1.29 is 5.11 Å². The third kappa shape index (κ3) is 0.936. The molecule has 4 atom stereocenters. The first-order valence-corrected chi connectivity index (χ1v) is 5.56. The van der Waals surface area contributed by atoms with Crippen molar-refractivity contribution in [2.75, 3.05) is 0 Å². The molecular formula is C13H16O. The Morgan fingerprint density at radius 3 is 2.36 bits per heavy atom. The quantitative estimate of drug-likeness (QED) is 0.663. The van der Waals surface area contributed by atoms with Crippen molar-refractivity contribution in [3.05, 3.63) is 35.4 Å². The first kappa shape index (κ1) is 8.49. The van der Waals surface area contributed by atoms with Gasteiger partial charge in [-0.15, -0.1) is 0 Å². The Hall–Kier alpha value is -0.820. The molecule has 0 radical (unpaired) electrons. The standard InChI is InChI=1S/C13H16O/c1-8-9-6-7-12(13(8)14)11-5-3-2-4-10(9)11/h2-5,8-9,12-14H,6-7H2,1H3. The lowest BCUT2D eigenvalue weighted by Gasteiger charge is -2.46. The van der Waals surface area contributed by atoms with Gasteiger partial charge in [0.05, 0.1) is 6.10 Å². The Kier molecular flexibility index (Phi) is 1.72. The molecule has 0 aliphatic heterocycles. The summed E-state index contributed by atoms with van der Waals surface area (Å²) in [6.45, 7) is 2.19. The van der Waals surface area contributed by atoms with Crippen molar-refractivity contribution in [1.82, 2.24) is 0 Å². The van der Waals surface area contributed by atoms with E-state index >= 15 is 0 Å². The molecule has 2 bridgehead atoms. The SMILES string of the molecule is CC1C2CCC(c3ccccc32)C1O. The molecule has 0 spiro atoms. The van der Waals surface area contributed by atoms with Gasteiger partial charge in [0.25, 0.3) is 0 Å². The van der Waals surface area contributed by atoms with E-state index in [4.69, 9.17) is 0 Å². The number of hydrogen-bond acceptors (Lipinski definition) is 1. The van der Waals surface area contributed by atoms with Gasteiger partial charge in [-0.25, -0.2) is 0 Å². The molecule has 0 aromatic heterocycles. The Balaban J connectivity index is 2.17. The van der Waals surface area contributed by atoms with Crippen molar-refractivity contribution in [2.24, 2.45) is 5.92 Å². The minimum atomic E-state index is -0.108. The maximum atomic E-state index is 10.1. The van der Waals surface area contributed by atoms with Crippen LogP contribution in [0, 0.1) is 5.92 Å². The second-order valence-corrected chi connectivity index (χ2v) is 4.77. The van der Waals surface area contributed by atoms with E-state index in [0.29, 0.717) is 17.8 Å². The molecule has 1 heteroatoms. The van der Waals surface area contributed by atoms with Crippen LogP contribution in [0.4, 0.5) is 0 Å². The van der Waals surface area contributed by atoms with E-state index in [-0.39, 0.29) is 6.10 Å². The summed E-state index contributed by atoms with van der Waals surface area (Å²) in [5.74, 6) is 1.46. The lowest BCUT2D eigenvalue weighted by Crippen LogP contribution is -2.40. The van der Waals surface area contributed by atoms with Crippen molar-refractivity contribution >= 4 is 0 Å². The van der Waals surface area contributed by atoms with Crippen molar-refractivity contribution in [1.29, 1.82) is 0 Å². The predicted molar refractivity (Wildman–Crippen MR) is 56.3 cm³/mol. The minimum Gasteiger partial charge on any atom is -0.392 e. The van der Waals surface area contributed by atoms with Crippen LogP contribution in [0.2, 0.25) is 0 Å². The summed E-state index contributed by atoms with van der Waals surface area (Å²) in [5, 5.41) is 10.1. The van der Waals surface area contributed by atoms with E-state index in [1.54, 1.807) is 0 Å². The summed E-state index contributed by atoms with van der Waals surface area (Å²) in [5.41, 5.74) is 2.91. The molecule has 1 N–H and O–H groups in total. The van der Waals surface area contributed by atoms with Gasteiger partial charge in [0.15, 0.2) is 0 Å². The van der Waals surface area contributed by atoms with Gasteiger partial charge in [-0.1, -0.05) is 31.2 Å². The second-order valence-electron chi connectivity index (χ2n) is 4.77. The van der Waals surface area contributed by atoms with Crippen LogP contribution < -0.4 is 0 Å². The Bertz CT molecular complexity index is 323. The number of benzene rings is 1. The molecule has 3 aliphatic rings. The molecule has 1 fully saturated rings. The topological polar surface area (TPSA) is 20.2 Å². The van der Waals surface area contributed by atoms with Crippen molar-refractivity contribution in [2.45, 2.75) is 37.7 Å². The molecule has 4 rings (SSSR count). The van der Waals surface area contributed by atoms with Crippen LogP contribution in [0.5, 0.6) is 0 Å². The third-order valence-electron chi connectivity index (χ3n) is 4.17. The molecular weight excluding hydrogens is 172 g/mol. The number of hydrogen-bond donors (Lipinski definition) is 1. The van der Waals surface area contributed by atoms with Gasteiger partial charge in [-0.05, 0) is 35.8 Å². The van der Waals surface area contributed by atoms with E-state index < -0.39 is 0 Å². The van der Waals surface area contributed by atoms with Gasteiger partial charge < -0.3 is 5.11 Å². The average Bonchev–Trinajstić information content (AvgIpc) is 2.24. The van der Waals surface area contributed by atoms with Gasteiger partial charge >= 0.3 is 0 Å². The summed E-state index contributed by atoms with van der Waals surface area (Å²) in [6, 6.07) is 8.66. The highest BCUT2D eigenvalue weighted by molar-refractivity contribution is 5.40. The maximum absolute atomic E-state index is 10.1. The highest BCUT2D eigenvalue weighted by Gasteiger charge is 2.43. The lowest BCUT2D eigenvalue weighted by molar-refractivity contribution is 0.0318. The monoisotopic (exact) mass is 188 g/mol. The maximum Gasteiger partial charge on any atom is 0.0640 e. The van der Waals surface area contributed by atoms with E-state index in [2.05, 4.69) is 31.2 Å². The van der Waals surface area contributed by atoms with Gasteiger partial charge in [0, 0.05) is 5.92 Å². The van der Waals surface area contributed by atoms with E-state index in [1.165, 1.54) is 24.0 Å². The molecule has 1 nitrogen and oxygen atoms in total. The van der Waals surface area contributed by atoms with Crippen LogP contribution in [0.3, 0.4) is 0 Å². The first-order chi connectivity index (χ1) is 6.79. The zero-order valence-electron chi connectivity index (χ0n) is 8.48. The molecule has 14 heavy (non-hydrogen) atoms. The normalized spacial score (nSPS) is 39.6. The minimum absolute atomic E-state index is 0.108. The number of fused-ring (bicyclic) bond motifs is 2. The van der Waals surface area contributed by atoms with Crippen LogP contribution >= 0.6 is 0 Å². The molecule has 0 heterocycles. The summed E-state index contributed by atoms with van der Waals surface area (Å²) in [7, 11) is 0. The number of aliphatic hydroxyl groups excluding tert-OH is 1. The highest BCUT2D eigenvalue weighted by atomic mass is 16.3. The predicted octanol–water partition coefficient (Wildman–Crippen LogP) is 2.66. The summed E-state index contributed by atoms with van der Waals surface area (Å²) in [6.07, 6.45) is 2.33. The van der Waals surface area contributed by atoms with Gasteiger partial charge in [-0.3, -0.25) is 0 Å². The van der Waals surface area contributed by atoms with Crippen LogP contribution in [0.1, 0.15) is 42.7 Å². The molecule has 1 aromatic carbocycles.